The number of hydrogen-bond donors (Lipinski definition) is 0. The molecule has 0 bridgehead atoms. The van der Waals surface area contributed by atoms with Gasteiger partial charge in [0.25, 0.3) is 10.9 Å². The zero-order valence-corrected chi connectivity index (χ0v) is 12.4. The first-order valence-corrected chi connectivity index (χ1v) is 7.24. The van der Waals surface area contributed by atoms with Crippen molar-refractivity contribution in [2.45, 2.75) is 10.1 Å². The minimum absolute atomic E-state index is 0.138. The number of nitro benzene ring substituents is 1. The second kappa shape index (κ2) is 6.29. The Morgan fingerprint density at radius 1 is 1.17 bits per heavy atom. The SMILES string of the molecule is N#Cc1cc([N+](=O)[O-])ccc1Sc1nnc(-c2ccccc2)o1. The van der Waals surface area contributed by atoms with Gasteiger partial charge in [-0.1, -0.05) is 18.2 Å². The molecule has 0 saturated heterocycles. The van der Waals surface area contributed by atoms with Gasteiger partial charge < -0.3 is 4.42 Å². The fourth-order valence-electron chi connectivity index (χ4n) is 1.85. The van der Waals surface area contributed by atoms with Gasteiger partial charge in [-0.05, 0) is 30.0 Å². The van der Waals surface area contributed by atoms with E-state index in [4.69, 9.17) is 9.68 Å². The lowest BCUT2D eigenvalue weighted by Crippen LogP contribution is -1.90. The van der Waals surface area contributed by atoms with Gasteiger partial charge in [0, 0.05) is 22.6 Å². The van der Waals surface area contributed by atoms with E-state index in [9.17, 15) is 10.1 Å². The van der Waals surface area contributed by atoms with E-state index in [1.807, 2.05) is 36.4 Å². The Morgan fingerprint density at radius 3 is 2.65 bits per heavy atom. The van der Waals surface area contributed by atoms with Gasteiger partial charge in [-0.3, -0.25) is 10.1 Å². The summed E-state index contributed by atoms with van der Waals surface area (Å²) in [6, 6.07) is 15.3. The lowest BCUT2D eigenvalue weighted by molar-refractivity contribution is -0.384. The lowest BCUT2D eigenvalue weighted by Gasteiger charge is -1.99. The molecule has 23 heavy (non-hydrogen) atoms. The van der Waals surface area contributed by atoms with Crippen molar-refractivity contribution >= 4 is 17.4 Å². The first-order chi connectivity index (χ1) is 11.2. The van der Waals surface area contributed by atoms with Crippen LogP contribution >= 0.6 is 11.8 Å². The number of nitrogens with zero attached hydrogens (tertiary/aromatic N) is 4. The van der Waals surface area contributed by atoms with E-state index in [-0.39, 0.29) is 16.5 Å². The molecule has 1 aromatic heterocycles. The van der Waals surface area contributed by atoms with Gasteiger partial charge in [-0.15, -0.1) is 10.2 Å². The molecule has 3 rings (SSSR count). The fraction of sp³-hybridized carbons (Fsp3) is 0. The average Bonchev–Trinajstić information content (AvgIpc) is 3.04. The Kier molecular flexibility index (Phi) is 4.03. The van der Waals surface area contributed by atoms with E-state index >= 15 is 0 Å². The summed E-state index contributed by atoms with van der Waals surface area (Å²) >= 11 is 1.09. The highest BCUT2D eigenvalue weighted by Gasteiger charge is 2.15. The molecule has 1 heterocycles. The Balaban J connectivity index is 1.87. The third-order valence-corrected chi connectivity index (χ3v) is 3.83. The Bertz CT molecular complexity index is 903. The van der Waals surface area contributed by atoms with Crippen molar-refractivity contribution < 1.29 is 9.34 Å². The maximum absolute atomic E-state index is 10.7. The molecular weight excluding hydrogens is 316 g/mol. The van der Waals surface area contributed by atoms with E-state index in [2.05, 4.69) is 10.2 Å². The number of benzene rings is 2. The molecule has 0 amide bonds. The first-order valence-electron chi connectivity index (χ1n) is 6.42. The Morgan fingerprint density at radius 2 is 1.96 bits per heavy atom. The van der Waals surface area contributed by atoms with Crippen molar-refractivity contribution in [3.63, 3.8) is 0 Å². The van der Waals surface area contributed by atoms with Crippen LogP contribution in [-0.2, 0) is 0 Å². The summed E-state index contributed by atoms with van der Waals surface area (Å²) < 4.78 is 5.55. The average molecular weight is 324 g/mol. The molecule has 8 heteroatoms. The highest BCUT2D eigenvalue weighted by atomic mass is 32.2. The molecule has 0 fully saturated rings. The second-order valence-corrected chi connectivity index (χ2v) is 5.38. The van der Waals surface area contributed by atoms with Crippen LogP contribution in [0.15, 0.2) is 63.1 Å². The van der Waals surface area contributed by atoms with Crippen LogP contribution in [0.3, 0.4) is 0 Å². The standard InChI is InChI=1S/C15H8N4O3S/c16-9-11-8-12(19(20)21)6-7-13(11)23-15-18-17-14(22-15)10-4-2-1-3-5-10/h1-8H. The van der Waals surface area contributed by atoms with Crippen molar-refractivity contribution in [2.24, 2.45) is 0 Å². The molecule has 0 saturated carbocycles. The third kappa shape index (κ3) is 3.20. The summed E-state index contributed by atoms with van der Waals surface area (Å²) in [7, 11) is 0. The molecule has 0 atom stereocenters. The van der Waals surface area contributed by atoms with Crippen molar-refractivity contribution in [1.82, 2.24) is 10.2 Å². The largest absolute Gasteiger partial charge is 0.411 e. The zero-order valence-electron chi connectivity index (χ0n) is 11.5. The number of aromatic nitrogens is 2. The van der Waals surface area contributed by atoms with E-state index < -0.39 is 4.92 Å². The van der Waals surface area contributed by atoms with Gasteiger partial charge in [0.2, 0.25) is 5.89 Å². The number of nitriles is 1. The molecule has 0 aliphatic carbocycles. The molecule has 3 aromatic rings. The summed E-state index contributed by atoms with van der Waals surface area (Å²) in [5.41, 5.74) is 0.834. The summed E-state index contributed by atoms with van der Waals surface area (Å²) in [4.78, 5) is 10.7. The molecule has 0 aliphatic rings. The van der Waals surface area contributed by atoms with Gasteiger partial charge in [-0.25, -0.2) is 0 Å². The maximum Gasteiger partial charge on any atom is 0.281 e. The Hall–Kier alpha value is -3.18. The normalized spacial score (nSPS) is 10.2. The number of rotatable bonds is 4. The van der Waals surface area contributed by atoms with E-state index in [1.54, 1.807) is 0 Å². The van der Waals surface area contributed by atoms with Crippen LogP contribution in [0.1, 0.15) is 5.56 Å². The number of nitro groups is 1. The Labute approximate surface area is 134 Å². The zero-order chi connectivity index (χ0) is 16.2. The first kappa shape index (κ1) is 14.7. The van der Waals surface area contributed by atoms with Crippen LogP contribution in [0.5, 0.6) is 0 Å². The van der Waals surface area contributed by atoms with Gasteiger partial charge in [0.05, 0.1) is 10.5 Å². The van der Waals surface area contributed by atoms with Crippen LogP contribution < -0.4 is 0 Å². The molecule has 112 valence electrons. The van der Waals surface area contributed by atoms with Crippen molar-refractivity contribution in [3.05, 3.63) is 64.2 Å². The van der Waals surface area contributed by atoms with Crippen LogP contribution in [-0.4, -0.2) is 15.1 Å². The van der Waals surface area contributed by atoms with Crippen molar-refractivity contribution in [1.29, 1.82) is 5.26 Å². The lowest BCUT2D eigenvalue weighted by atomic mass is 10.2. The molecule has 2 aromatic carbocycles. The topological polar surface area (TPSA) is 106 Å². The minimum atomic E-state index is -0.546. The molecule has 7 nitrogen and oxygen atoms in total. The molecule has 0 aliphatic heterocycles. The number of hydrogen-bond acceptors (Lipinski definition) is 7. The molecular formula is C15H8N4O3S. The van der Waals surface area contributed by atoms with Crippen LogP contribution in [0.4, 0.5) is 5.69 Å². The van der Waals surface area contributed by atoms with Gasteiger partial charge in [-0.2, -0.15) is 5.26 Å². The van der Waals surface area contributed by atoms with Gasteiger partial charge in [0.15, 0.2) is 0 Å². The van der Waals surface area contributed by atoms with Crippen LogP contribution in [0.25, 0.3) is 11.5 Å². The minimum Gasteiger partial charge on any atom is -0.411 e. The molecule has 0 N–H and O–H groups in total. The summed E-state index contributed by atoms with van der Waals surface area (Å²) in [5.74, 6) is 0.369. The summed E-state index contributed by atoms with van der Waals surface area (Å²) in [6.07, 6.45) is 0. The van der Waals surface area contributed by atoms with Crippen molar-refractivity contribution in [3.8, 4) is 17.5 Å². The van der Waals surface area contributed by atoms with Gasteiger partial charge >= 0.3 is 0 Å². The predicted octanol–water partition coefficient (Wildman–Crippen LogP) is 3.67. The maximum atomic E-state index is 10.7. The van der Waals surface area contributed by atoms with E-state index in [0.717, 1.165) is 17.3 Å². The van der Waals surface area contributed by atoms with E-state index in [1.165, 1.54) is 18.2 Å². The molecule has 0 unspecified atom stereocenters. The van der Waals surface area contributed by atoms with Gasteiger partial charge in [0.1, 0.15) is 6.07 Å². The van der Waals surface area contributed by atoms with Crippen LogP contribution in [0.2, 0.25) is 0 Å². The smallest absolute Gasteiger partial charge is 0.281 e. The van der Waals surface area contributed by atoms with Crippen LogP contribution in [0, 0.1) is 21.4 Å². The van der Waals surface area contributed by atoms with Crippen molar-refractivity contribution in [2.75, 3.05) is 0 Å². The molecule has 0 spiro atoms. The highest BCUT2D eigenvalue weighted by Crippen LogP contribution is 2.32. The third-order valence-electron chi connectivity index (χ3n) is 2.92. The number of non-ortho nitro benzene ring substituents is 1. The monoisotopic (exact) mass is 324 g/mol. The fourth-order valence-corrected chi connectivity index (χ4v) is 2.59. The molecule has 0 radical (unpaired) electrons. The summed E-state index contributed by atoms with van der Waals surface area (Å²) in [5, 5.41) is 28.0. The second-order valence-electron chi connectivity index (χ2n) is 4.39. The van der Waals surface area contributed by atoms with E-state index in [0.29, 0.717) is 10.8 Å². The summed E-state index contributed by atoms with van der Waals surface area (Å²) in [6.45, 7) is 0. The highest BCUT2D eigenvalue weighted by molar-refractivity contribution is 7.99. The quantitative estimate of drug-likeness (QED) is 0.532. The predicted molar refractivity (Wildman–Crippen MR) is 81.7 cm³/mol.